The van der Waals surface area contributed by atoms with Crippen molar-refractivity contribution in [2.45, 2.75) is 45.3 Å². The molecule has 2 heteroatoms. The fraction of sp³-hybridized carbons (Fsp3) is 0.700. The van der Waals surface area contributed by atoms with Crippen molar-refractivity contribution in [1.29, 1.82) is 0 Å². The molecule has 0 aromatic rings. The van der Waals surface area contributed by atoms with Crippen LogP contribution in [-0.4, -0.2) is 8.94 Å². The minimum atomic E-state index is 0.170. The molecule has 0 aliphatic carbocycles. The minimum absolute atomic E-state index is 0.170. The Labute approximate surface area is 85.8 Å². The number of hydrogen-bond acceptors (Lipinski definition) is 2. The summed E-state index contributed by atoms with van der Waals surface area (Å²) in [6.07, 6.45) is 6.52. The maximum atomic E-state index is 5.18. The molecule has 0 amide bonds. The van der Waals surface area contributed by atoms with Crippen LogP contribution in [0.4, 0.5) is 0 Å². The lowest BCUT2D eigenvalue weighted by molar-refractivity contribution is 0.897. The van der Waals surface area contributed by atoms with Crippen LogP contribution in [0.2, 0.25) is 0 Å². The summed E-state index contributed by atoms with van der Waals surface area (Å²) in [5.74, 6) is 0. The molecule has 0 aliphatic heterocycles. The van der Waals surface area contributed by atoms with Crippen LogP contribution >= 0.6 is 24.0 Å². The summed E-state index contributed by atoms with van der Waals surface area (Å²) in [6.45, 7) is 8.65. The third-order valence-corrected chi connectivity index (χ3v) is 3.14. The molecule has 0 aromatic carbocycles. The molecule has 0 rings (SSSR count). The normalized spacial score (nSPS) is 12.3. The maximum Gasteiger partial charge on any atom is 0.0484 e. The number of thioether (sulfide) groups is 1. The van der Waals surface area contributed by atoms with Crippen LogP contribution < -0.4 is 0 Å². The van der Waals surface area contributed by atoms with Crippen molar-refractivity contribution in [2.24, 2.45) is 0 Å². The molecule has 12 heavy (non-hydrogen) atoms. The Balaban J connectivity index is 4.03. The van der Waals surface area contributed by atoms with E-state index in [1.165, 1.54) is 0 Å². The molecule has 0 nitrogen and oxygen atoms in total. The number of rotatable bonds is 4. The van der Waals surface area contributed by atoms with Gasteiger partial charge in [0, 0.05) is 8.94 Å². The van der Waals surface area contributed by atoms with E-state index in [1.54, 1.807) is 11.8 Å². The predicted molar refractivity (Wildman–Crippen MR) is 64.0 cm³/mol. The fourth-order valence-electron chi connectivity index (χ4n) is 0.801. The Morgan fingerprint density at radius 3 is 2.42 bits per heavy atom. The van der Waals surface area contributed by atoms with E-state index in [0.29, 0.717) is 0 Å². The Morgan fingerprint density at radius 2 is 2.00 bits per heavy atom. The monoisotopic (exact) mass is 202 g/mol. The molecule has 70 valence electrons. The van der Waals surface area contributed by atoms with Crippen LogP contribution in [0.25, 0.3) is 0 Å². The van der Waals surface area contributed by atoms with E-state index in [4.69, 9.17) is 12.2 Å². The van der Waals surface area contributed by atoms with Crippen LogP contribution in [0.5, 0.6) is 0 Å². The van der Waals surface area contributed by atoms with Crippen LogP contribution in [0.3, 0.4) is 0 Å². The zero-order valence-electron chi connectivity index (χ0n) is 8.39. The maximum absolute atomic E-state index is 5.18. The molecule has 0 unspecified atom stereocenters. The average Bonchev–Trinajstić information content (AvgIpc) is 2.00. The Kier molecular flexibility index (Phi) is 5.85. The summed E-state index contributed by atoms with van der Waals surface area (Å²) in [4.78, 5) is 0. The topological polar surface area (TPSA) is 0 Å². The second-order valence-corrected chi connectivity index (χ2v) is 5.74. The second-order valence-electron chi connectivity index (χ2n) is 3.24. The molecule has 0 saturated heterocycles. The summed E-state index contributed by atoms with van der Waals surface area (Å²) < 4.78 is 1.27. The first kappa shape index (κ1) is 12.2. The van der Waals surface area contributed by atoms with Gasteiger partial charge in [-0.25, -0.2) is 0 Å². The van der Waals surface area contributed by atoms with Crippen molar-refractivity contribution in [2.75, 3.05) is 0 Å². The molecule has 0 aliphatic rings. The summed E-state index contributed by atoms with van der Waals surface area (Å²) in [5.41, 5.74) is 0. The second kappa shape index (κ2) is 5.76. The fourth-order valence-corrected chi connectivity index (χ4v) is 2.34. The van der Waals surface area contributed by atoms with Crippen LogP contribution in [-0.2, 0) is 0 Å². The molecule has 0 aromatic heterocycles. The quantitative estimate of drug-likeness (QED) is 0.495. The third-order valence-electron chi connectivity index (χ3n) is 1.42. The summed E-state index contributed by atoms with van der Waals surface area (Å²) in [7, 11) is 0. The van der Waals surface area contributed by atoms with Gasteiger partial charge < -0.3 is 0 Å². The predicted octanol–water partition coefficient (Wildman–Crippen LogP) is 4.20. The smallest absolute Gasteiger partial charge is 0.0484 e. The molecule has 0 bridgehead atoms. The molecule has 0 radical (unpaired) electrons. The van der Waals surface area contributed by atoms with Gasteiger partial charge in [-0.15, -0.1) is 11.8 Å². The van der Waals surface area contributed by atoms with Gasteiger partial charge in [0.2, 0.25) is 0 Å². The van der Waals surface area contributed by atoms with Gasteiger partial charge in [-0.05, 0) is 26.7 Å². The van der Waals surface area contributed by atoms with E-state index >= 15 is 0 Å². The molecule has 0 saturated carbocycles. The molecular weight excluding hydrogens is 184 g/mol. The summed E-state index contributed by atoms with van der Waals surface area (Å²) >= 11 is 6.97. The van der Waals surface area contributed by atoms with Gasteiger partial charge in [-0.3, -0.25) is 0 Å². The van der Waals surface area contributed by atoms with Gasteiger partial charge in [0.05, 0.1) is 0 Å². The lowest BCUT2D eigenvalue weighted by Gasteiger charge is -2.19. The standard InChI is InChI=1S/C10H18S2/c1-5-7-8-10(3,4)12-9(11)6-2/h7-8H,5-6H2,1-4H3/b8-7+. The van der Waals surface area contributed by atoms with Gasteiger partial charge in [-0.2, -0.15) is 0 Å². The molecule has 0 heterocycles. The Bertz CT molecular complexity index is 169. The minimum Gasteiger partial charge on any atom is -0.108 e. The first-order valence-electron chi connectivity index (χ1n) is 4.41. The van der Waals surface area contributed by atoms with Gasteiger partial charge in [0.15, 0.2) is 0 Å². The van der Waals surface area contributed by atoms with Gasteiger partial charge >= 0.3 is 0 Å². The first-order valence-corrected chi connectivity index (χ1v) is 5.64. The molecule has 0 N–H and O–H groups in total. The highest BCUT2D eigenvalue weighted by atomic mass is 32.2. The molecule has 0 atom stereocenters. The first-order chi connectivity index (χ1) is 5.52. The number of hydrogen-bond donors (Lipinski definition) is 0. The van der Waals surface area contributed by atoms with Crippen molar-refractivity contribution in [1.82, 2.24) is 0 Å². The lowest BCUT2D eigenvalue weighted by atomic mass is 10.2. The SMILES string of the molecule is CC/C=C/C(C)(C)SC(=S)CC. The van der Waals surface area contributed by atoms with Crippen molar-refractivity contribution in [3.05, 3.63) is 12.2 Å². The van der Waals surface area contributed by atoms with Gasteiger partial charge in [0.25, 0.3) is 0 Å². The highest BCUT2D eigenvalue weighted by molar-refractivity contribution is 8.24. The summed E-state index contributed by atoms with van der Waals surface area (Å²) in [6, 6.07) is 0. The van der Waals surface area contributed by atoms with E-state index in [-0.39, 0.29) is 4.75 Å². The Hall–Kier alpha value is 0.180. The number of allylic oxidation sites excluding steroid dienone is 1. The zero-order chi connectivity index (χ0) is 9.61. The van der Waals surface area contributed by atoms with E-state index in [9.17, 15) is 0 Å². The largest absolute Gasteiger partial charge is 0.108 e. The summed E-state index contributed by atoms with van der Waals surface area (Å²) in [5, 5.41) is 0. The van der Waals surface area contributed by atoms with Crippen molar-refractivity contribution >= 4 is 28.2 Å². The van der Waals surface area contributed by atoms with Gasteiger partial charge in [-0.1, -0.05) is 38.2 Å². The van der Waals surface area contributed by atoms with Crippen molar-refractivity contribution < 1.29 is 0 Å². The van der Waals surface area contributed by atoms with Crippen molar-refractivity contribution in [3.8, 4) is 0 Å². The molecule has 0 spiro atoms. The van der Waals surface area contributed by atoms with Crippen LogP contribution in [0, 0.1) is 0 Å². The number of thiocarbonyl (C=S) groups is 1. The highest BCUT2D eigenvalue weighted by Crippen LogP contribution is 2.28. The molecule has 0 fully saturated rings. The molecular formula is C10H18S2. The van der Waals surface area contributed by atoms with Crippen LogP contribution in [0.1, 0.15) is 40.5 Å². The third kappa shape index (κ3) is 5.78. The lowest BCUT2D eigenvalue weighted by Crippen LogP contribution is -2.12. The highest BCUT2D eigenvalue weighted by Gasteiger charge is 2.15. The van der Waals surface area contributed by atoms with Crippen LogP contribution in [0.15, 0.2) is 12.2 Å². The van der Waals surface area contributed by atoms with E-state index in [2.05, 4.69) is 39.8 Å². The van der Waals surface area contributed by atoms with E-state index in [1.807, 2.05) is 0 Å². The van der Waals surface area contributed by atoms with Gasteiger partial charge in [0.1, 0.15) is 0 Å². The van der Waals surface area contributed by atoms with Crippen molar-refractivity contribution in [3.63, 3.8) is 0 Å². The zero-order valence-corrected chi connectivity index (χ0v) is 10.0. The Morgan fingerprint density at radius 1 is 1.42 bits per heavy atom. The average molecular weight is 202 g/mol. The van der Waals surface area contributed by atoms with E-state index < -0.39 is 0 Å². The van der Waals surface area contributed by atoms with E-state index in [0.717, 1.165) is 17.0 Å².